The van der Waals surface area contributed by atoms with Gasteiger partial charge >= 0.3 is 260 Å². The predicted molar refractivity (Wildman–Crippen MR) is 177 cm³/mol. The molecular formula is C40H50Cl2Zr. The molecule has 0 saturated carbocycles. The predicted octanol–water partition coefficient (Wildman–Crippen LogP) is 4.24. The molecular weight excluding hydrogens is 643 g/mol. The Bertz CT molecular complexity index is 1580. The molecule has 0 amide bonds. The summed E-state index contributed by atoms with van der Waals surface area (Å²) >= 11 is -2.57. The molecule has 0 bridgehead atoms. The monoisotopic (exact) mass is 690 g/mol. The number of halogens is 2. The number of benzene rings is 3. The minimum Gasteiger partial charge on any atom is -1.00 e. The van der Waals surface area contributed by atoms with Gasteiger partial charge in [0.15, 0.2) is 0 Å². The van der Waals surface area contributed by atoms with Crippen molar-refractivity contribution in [3.05, 3.63) is 109 Å². The minimum absolute atomic E-state index is 0. The van der Waals surface area contributed by atoms with Crippen molar-refractivity contribution in [1.29, 1.82) is 0 Å². The van der Waals surface area contributed by atoms with Gasteiger partial charge in [0, 0.05) is 0 Å². The van der Waals surface area contributed by atoms with Crippen LogP contribution in [0.2, 0.25) is 0 Å². The van der Waals surface area contributed by atoms with Crippen LogP contribution in [0, 0.1) is 11.3 Å². The molecule has 2 aliphatic rings. The van der Waals surface area contributed by atoms with E-state index in [1.54, 1.807) is 15.3 Å². The van der Waals surface area contributed by atoms with Crippen molar-refractivity contribution in [2.24, 2.45) is 11.3 Å². The third kappa shape index (κ3) is 7.16. The first-order valence-corrected chi connectivity index (χ1v) is 19.3. The molecule has 228 valence electrons. The van der Waals surface area contributed by atoms with Crippen LogP contribution in [0.1, 0.15) is 110 Å². The number of hydrogen-bond donors (Lipinski definition) is 0. The fourth-order valence-corrected chi connectivity index (χ4v) is 14.8. The molecule has 1 atom stereocenters. The van der Waals surface area contributed by atoms with Crippen LogP contribution in [-0.2, 0) is 38.5 Å². The Labute approximate surface area is 282 Å². The van der Waals surface area contributed by atoms with E-state index in [0.717, 1.165) is 6.42 Å². The average molecular weight is 693 g/mol. The molecule has 3 heteroatoms. The summed E-state index contributed by atoms with van der Waals surface area (Å²) in [6.07, 6.45) is 7.51. The summed E-state index contributed by atoms with van der Waals surface area (Å²) in [5.41, 5.74) is 12.4. The smallest absolute Gasteiger partial charge is 1.00 e. The van der Waals surface area contributed by atoms with Crippen molar-refractivity contribution < 1.29 is 46.1 Å². The van der Waals surface area contributed by atoms with Gasteiger partial charge in [-0.05, 0) is 0 Å². The van der Waals surface area contributed by atoms with Gasteiger partial charge in [-0.1, -0.05) is 0 Å². The van der Waals surface area contributed by atoms with E-state index in [2.05, 4.69) is 149 Å². The zero-order valence-electron chi connectivity index (χ0n) is 28.2. The maximum absolute atomic E-state index is 2.67. The number of hydrogen-bond acceptors (Lipinski definition) is 0. The second kappa shape index (κ2) is 13.1. The Balaban J connectivity index is 0.00000253. The van der Waals surface area contributed by atoms with Gasteiger partial charge in [-0.2, -0.15) is 0 Å². The standard InChI is InChI=1S/C21H25.C11H17.C8H8.2ClH.Zr/c1-20(2,3)16-9-7-14-11-15-8-10-17(21(4,5)6)13-19(15)18(14)12-16;1-5-9-6-7-10(8-9)11(2,3)4;1-2-8-6-4-3-5-7-8;;;/h7,9-10,12-13H,11H2,1-6H3;7-9H,5H2,1-4H3;3-7H,1H3;2*1H;/q;;;;;+2/p-2. The zero-order valence-corrected chi connectivity index (χ0v) is 32.1. The number of allylic oxidation sites excluding steroid dienone is 4. The first-order chi connectivity index (χ1) is 19.1. The van der Waals surface area contributed by atoms with Crippen molar-refractivity contribution in [2.45, 2.75) is 99.8 Å². The summed E-state index contributed by atoms with van der Waals surface area (Å²) in [6.45, 7) is 26.2. The minimum atomic E-state index is -2.57. The van der Waals surface area contributed by atoms with Crippen LogP contribution < -0.4 is 28.1 Å². The van der Waals surface area contributed by atoms with E-state index in [0.29, 0.717) is 5.92 Å². The molecule has 0 N–H and O–H groups in total. The molecule has 0 fully saturated rings. The molecule has 0 spiro atoms. The summed E-state index contributed by atoms with van der Waals surface area (Å²) in [4.78, 5) is 0. The molecule has 5 rings (SSSR count). The second-order valence-corrected chi connectivity index (χ2v) is 21.9. The van der Waals surface area contributed by atoms with Crippen LogP contribution in [0.25, 0.3) is 11.1 Å². The van der Waals surface area contributed by atoms with E-state index in [-0.39, 0.29) is 41.1 Å². The number of rotatable bonds is 4. The topological polar surface area (TPSA) is 0 Å². The van der Waals surface area contributed by atoms with Gasteiger partial charge in [-0.15, -0.1) is 0 Å². The van der Waals surface area contributed by atoms with Gasteiger partial charge in [0.25, 0.3) is 0 Å². The van der Waals surface area contributed by atoms with E-state index < -0.39 is 21.3 Å². The van der Waals surface area contributed by atoms with Crippen LogP contribution in [0.4, 0.5) is 0 Å². The summed E-state index contributed by atoms with van der Waals surface area (Å²) in [5.74, 6) is 0.544. The fraction of sp³-hybridized carbons (Fsp3) is 0.425. The summed E-state index contributed by atoms with van der Waals surface area (Å²) in [6, 6.07) is 23.8. The van der Waals surface area contributed by atoms with Gasteiger partial charge in [-0.25, -0.2) is 0 Å². The Morgan fingerprint density at radius 1 is 0.744 bits per heavy atom. The van der Waals surface area contributed by atoms with Gasteiger partial charge in [0.05, 0.1) is 0 Å². The molecule has 0 saturated heterocycles. The first kappa shape index (κ1) is 35.9. The van der Waals surface area contributed by atoms with Crippen molar-refractivity contribution in [1.82, 2.24) is 0 Å². The van der Waals surface area contributed by atoms with Crippen molar-refractivity contribution in [3.63, 3.8) is 0 Å². The van der Waals surface area contributed by atoms with Crippen molar-refractivity contribution in [2.75, 3.05) is 0 Å². The van der Waals surface area contributed by atoms with E-state index in [1.165, 1.54) is 45.4 Å². The third-order valence-corrected chi connectivity index (χ3v) is 16.9. The largest absolute Gasteiger partial charge is 1.00 e. The van der Waals surface area contributed by atoms with E-state index in [9.17, 15) is 0 Å². The maximum atomic E-state index is 2.67. The Morgan fingerprint density at radius 3 is 1.91 bits per heavy atom. The molecule has 3 aromatic carbocycles. The molecule has 2 aliphatic carbocycles. The normalized spacial score (nSPS) is 16.3. The van der Waals surface area contributed by atoms with Crippen LogP contribution in [0.3, 0.4) is 0 Å². The molecule has 0 aliphatic heterocycles. The summed E-state index contributed by atoms with van der Waals surface area (Å²) in [5, 5.41) is 0. The van der Waals surface area contributed by atoms with Crippen LogP contribution >= 0.6 is 0 Å². The van der Waals surface area contributed by atoms with Crippen molar-refractivity contribution in [3.8, 4) is 11.1 Å². The molecule has 0 nitrogen and oxygen atoms in total. The van der Waals surface area contributed by atoms with Crippen LogP contribution in [0.15, 0.2) is 81.7 Å². The zero-order chi connectivity index (χ0) is 29.9. The second-order valence-electron chi connectivity index (χ2n) is 15.5. The van der Waals surface area contributed by atoms with Crippen molar-refractivity contribution >= 4 is 6.48 Å². The average Bonchev–Trinajstić information content (AvgIpc) is 3.50. The van der Waals surface area contributed by atoms with Gasteiger partial charge in [-0.3, -0.25) is 0 Å². The molecule has 0 radical (unpaired) electrons. The summed E-state index contributed by atoms with van der Waals surface area (Å²) < 4.78 is 5.12. The van der Waals surface area contributed by atoms with E-state index in [1.807, 2.05) is 0 Å². The van der Waals surface area contributed by atoms with Gasteiger partial charge in [0.2, 0.25) is 0 Å². The quantitative estimate of drug-likeness (QED) is 0.301. The third-order valence-electron chi connectivity index (χ3n) is 9.29. The Morgan fingerprint density at radius 2 is 1.35 bits per heavy atom. The molecule has 1 unspecified atom stereocenters. The maximum Gasteiger partial charge on any atom is -1.00 e. The Kier molecular flexibility index (Phi) is 10.9. The summed E-state index contributed by atoms with van der Waals surface area (Å²) in [7, 11) is 0. The first-order valence-electron chi connectivity index (χ1n) is 15.6. The van der Waals surface area contributed by atoms with E-state index >= 15 is 0 Å². The fourth-order valence-electron chi connectivity index (χ4n) is 6.49. The molecule has 0 aromatic heterocycles. The SMILES string of the molecule is CCC1C=C(C(C)(C)C)C=[C]1/[Zr+2](=[C](\C)c1ccccc1)[c]1cc(C(C)(C)C)cc2c1Cc1ccc(C(C)(C)C)cc1-2.[Cl-].[Cl-]. The molecule has 43 heavy (non-hydrogen) atoms. The van der Waals surface area contributed by atoms with E-state index in [4.69, 9.17) is 0 Å². The van der Waals surface area contributed by atoms with Crippen LogP contribution in [0.5, 0.6) is 0 Å². The van der Waals surface area contributed by atoms with Gasteiger partial charge < -0.3 is 24.8 Å². The Hall–Kier alpha value is -1.53. The van der Waals surface area contributed by atoms with Gasteiger partial charge in [0.1, 0.15) is 0 Å². The molecule has 0 heterocycles. The number of fused-ring (bicyclic) bond motifs is 3. The van der Waals surface area contributed by atoms with Crippen LogP contribution in [-0.4, -0.2) is 3.21 Å². The molecule has 3 aromatic rings.